The quantitative estimate of drug-likeness (QED) is 0.575. The largest absolute Gasteiger partial charge is 0.719 e. The topological polar surface area (TPSA) is 9.23 Å². The minimum Gasteiger partial charge on any atom is -0.719 e. The molecule has 0 fully saturated rings. The smallest absolute Gasteiger partial charge is 0.123 e. The summed E-state index contributed by atoms with van der Waals surface area (Å²) < 4.78 is 5.03. The van der Waals surface area contributed by atoms with Crippen LogP contribution in [-0.2, 0) is 28.6 Å². The Morgan fingerprint density at radius 2 is 2.00 bits per heavy atom. The van der Waals surface area contributed by atoms with Gasteiger partial charge in [0.2, 0.25) is 0 Å². The van der Waals surface area contributed by atoms with Crippen molar-refractivity contribution in [2.45, 2.75) is 0 Å². The molecule has 0 heterocycles. The summed E-state index contributed by atoms with van der Waals surface area (Å²) in [5.41, 5.74) is -2.08. The van der Waals surface area contributed by atoms with Crippen LogP contribution in [0.15, 0.2) is 9.52 Å². The number of halogens is 3. The molecule has 0 amide bonds. The molecule has 11 heavy (non-hydrogen) atoms. The molecule has 0 aliphatic carbocycles. The van der Waals surface area contributed by atoms with Gasteiger partial charge in [0.15, 0.2) is 0 Å². The van der Waals surface area contributed by atoms with E-state index in [1.54, 1.807) is 6.66 Å². The Hall–Kier alpha value is 1.57. The lowest BCUT2D eigenvalue weighted by atomic mass is 10.7. The van der Waals surface area contributed by atoms with Crippen LogP contribution in [0.4, 0.5) is 0 Å². The highest BCUT2D eigenvalue weighted by Crippen LogP contribution is 2.40. The fourth-order valence-corrected chi connectivity index (χ4v) is 1.15. The fourth-order valence-electron chi connectivity index (χ4n) is 0.228. The monoisotopic (exact) mass is 269 g/mol. The molecule has 0 aromatic rings. The first-order chi connectivity index (χ1) is 4.83. The molecule has 0 aliphatic rings. The third-order valence-electron chi connectivity index (χ3n) is 0.631. The maximum atomic E-state index is 5.54. The van der Waals surface area contributed by atoms with Gasteiger partial charge in [-0.25, -0.2) is 0 Å². The number of hydrogen-bond acceptors (Lipinski definition) is 3. The molecule has 0 aromatic heterocycles. The minimum atomic E-state index is -2.08. The van der Waals surface area contributed by atoms with Crippen molar-refractivity contribution >= 4 is 64.3 Å². The minimum absolute atomic E-state index is 0.00915. The predicted octanol–water partition coefficient (Wildman–Crippen LogP) is 3.37. The van der Waals surface area contributed by atoms with Gasteiger partial charge >= 0.3 is 0 Å². The summed E-state index contributed by atoms with van der Waals surface area (Å²) in [6.07, 6.45) is 0. The van der Waals surface area contributed by atoms with Gasteiger partial charge in [0.1, 0.15) is 4.49 Å². The average molecular weight is 271 g/mol. The van der Waals surface area contributed by atoms with Crippen LogP contribution in [0.1, 0.15) is 0 Å². The van der Waals surface area contributed by atoms with E-state index in [0.717, 1.165) is 0 Å². The summed E-state index contributed by atoms with van der Waals surface area (Å²) in [4.78, 5) is 0. The van der Waals surface area contributed by atoms with Crippen LogP contribution in [0.5, 0.6) is 0 Å². The van der Waals surface area contributed by atoms with E-state index >= 15 is 0 Å². The molecule has 1 atom stereocenters. The van der Waals surface area contributed by atoms with Crippen molar-refractivity contribution in [2.24, 2.45) is 0 Å². The fraction of sp³-hybridized carbons (Fsp3) is 0.500. The maximum absolute atomic E-state index is 5.54. The third kappa shape index (κ3) is 7.92. The molecule has 0 rings (SSSR count). The van der Waals surface area contributed by atoms with Crippen molar-refractivity contribution in [3.63, 3.8) is 0 Å². The van der Waals surface area contributed by atoms with Gasteiger partial charge in [0.25, 0.3) is 0 Å². The summed E-state index contributed by atoms with van der Waals surface area (Å²) in [5, 5.41) is 0.231. The molecule has 1 nitrogen and oxygen atoms in total. The highest BCUT2D eigenvalue weighted by Gasteiger charge is 2.00. The van der Waals surface area contributed by atoms with Crippen molar-refractivity contribution in [2.75, 3.05) is 13.3 Å². The first kappa shape index (κ1) is 12.6. The maximum Gasteiger partial charge on any atom is 0.123 e. The summed E-state index contributed by atoms with van der Waals surface area (Å²) in [5.74, 6) is 0. The summed E-state index contributed by atoms with van der Waals surface area (Å²) >= 11 is 25.9. The van der Waals surface area contributed by atoms with Gasteiger partial charge in [-0.1, -0.05) is 52.1 Å². The normalized spacial score (nSPS) is 15.7. The highest BCUT2D eigenvalue weighted by molar-refractivity contribution is 8.53. The van der Waals surface area contributed by atoms with Crippen LogP contribution in [-0.4, -0.2) is 13.3 Å². The van der Waals surface area contributed by atoms with Gasteiger partial charge in [0.05, 0.1) is 11.6 Å². The van der Waals surface area contributed by atoms with Crippen LogP contribution >= 0.6 is 40.3 Å². The van der Waals surface area contributed by atoms with Crippen LogP contribution < -0.4 is 0 Å². The van der Waals surface area contributed by atoms with Crippen LogP contribution in [0, 0.1) is 0 Å². The first-order valence-corrected chi connectivity index (χ1v) is 7.77. The van der Waals surface area contributed by atoms with Crippen LogP contribution in [0.2, 0.25) is 0 Å². The summed E-state index contributed by atoms with van der Waals surface area (Å²) in [6.45, 7) is 1.77. The first-order valence-electron chi connectivity index (χ1n) is 2.45. The van der Waals surface area contributed by atoms with Crippen LogP contribution in [0.3, 0.4) is 0 Å². The van der Waals surface area contributed by atoms with Gasteiger partial charge in [-0.15, -0.1) is 0 Å². The van der Waals surface area contributed by atoms with E-state index in [0.29, 0.717) is 0 Å². The van der Waals surface area contributed by atoms with E-state index in [4.69, 9.17) is 63.4 Å². The Morgan fingerprint density at radius 1 is 1.55 bits per heavy atom. The SMILES string of the molecule is CP(=S)([S-])OCC(Cl)=C(Cl)Cl. The van der Waals surface area contributed by atoms with E-state index in [9.17, 15) is 0 Å². The third-order valence-corrected chi connectivity index (χ3v) is 2.81. The van der Waals surface area contributed by atoms with Gasteiger partial charge in [-0.05, 0) is 6.66 Å². The zero-order valence-electron chi connectivity index (χ0n) is 5.51. The molecular formula is C4H5Cl3OPS2-. The second kappa shape index (κ2) is 5.33. The highest BCUT2D eigenvalue weighted by atomic mass is 35.5. The Morgan fingerprint density at radius 3 is 2.27 bits per heavy atom. The van der Waals surface area contributed by atoms with E-state index in [1.165, 1.54) is 0 Å². The zero-order valence-corrected chi connectivity index (χ0v) is 10.3. The van der Waals surface area contributed by atoms with Crippen molar-refractivity contribution in [1.82, 2.24) is 0 Å². The Kier molecular flexibility index (Phi) is 6.09. The standard InChI is InChI=1S/C4H6Cl3OPS2/c1-9(10,11)8-2-3(5)4(6)7/h2H2,1H3,(H,10,11)/p-1. The second-order valence-corrected chi connectivity index (χ2v) is 9.79. The van der Waals surface area contributed by atoms with Gasteiger partial charge in [-0.3, -0.25) is 0 Å². The molecule has 0 aliphatic heterocycles. The van der Waals surface area contributed by atoms with Crippen molar-refractivity contribution in [3.8, 4) is 0 Å². The molecular weight excluding hydrogens is 266 g/mol. The molecule has 0 saturated heterocycles. The lowest BCUT2D eigenvalue weighted by molar-refractivity contribution is 0.410. The van der Waals surface area contributed by atoms with Crippen LogP contribution in [0.25, 0.3) is 0 Å². The van der Waals surface area contributed by atoms with Crippen molar-refractivity contribution < 1.29 is 4.52 Å². The predicted molar refractivity (Wildman–Crippen MR) is 58.1 cm³/mol. The molecule has 0 radical (unpaired) electrons. The van der Waals surface area contributed by atoms with E-state index in [1.807, 2.05) is 0 Å². The van der Waals surface area contributed by atoms with Gasteiger partial charge < -0.3 is 16.8 Å². The average Bonchev–Trinajstić information content (AvgIpc) is 1.80. The zero-order chi connectivity index (χ0) is 9.07. The van der Waals surface area contributed by atoms with Crippen molar-refractivity contribution in [3.05, 3.63) is 9.52 Å². The molecule has 0 spiro atoms. The summed E-state index contributed by atoms with van der Waals surface area (Å²) in [6, 6.07) is 0. The summed E-state index contributed by atoms with van der Waals surface area (Å²) in [7, 11) is 0. The molecule has 66 valence electrons. The lowest BCUT2D eigenvalue weighted by Gasteiger charge is -2.22. The molecule has 0 N–H and O–H groups in total. The van der Waals surface area contributed by atoms with Gasteiger partial charge in [-0.2, -0.15) is 0 Å². The van der Waals surface area contributed by atoms with Crippen molar-refractivity contribution in [1.29, 1.82) is 0 Å². The lowest BCUT2D eigenvalue weighted by Crippen LogP contribution is -1.90. The van der Waals surface area contributed by atoms with E-state index in [-0.39, 0.29) is 16.1 Å². The number of rotatable bonds is 3. The molecule has 0 bridgehead atoms. The molecule has 7 heteroatoms. The van der Waals surface area contributed by atoms with E-state index < -0.39 is 5.47 Å². The molecule has 0 aromatic carbocycles. The van der Waals surface area contributed by atoms with E-state index in [2.05, 4.69) is 0 Å². The van der Waals surface area contributed by atoms with Gasteiger partial charge in [0, 0.05) is 0 Å². The Balaban J connectivity index is 3.92. The Labute approximate surface area is 91.3 Å². The molecule has 0 saturated carbocycles. The Bertz CT molecular complexity index is 207. The number of hydrogen-bond donors (Lipinski definition) is 0. The second-order valence-electron chi connectivity index (χ2n) is 1.71. The molecule has 1 unspecified atom stereocenters.